The number of hydrogen-bond acceptors (Lipinski definition) is 6. The Morgan fingerprint density at radius 1 is 1.13 bits per heavy atom. The number of anilines is 1. The van der Waals surface area contributed by atoms with E-state index in [4.69, 9.17) is 0 Å². The number of carbonyl (C=O) groups is 2. The summed E-state index contributed by atoms with van der Waals surface area (Å²) in [5.74, 6) is -0.853. The van der Waals surface area contributed by atoms with E-state index in [1.165, 1.54) is 4.80 Å². The topological polar surface area (TPSA) is 114 Å². The zero-order valence-corrected chi connectivity index (χ0v) is 13.0. The molecule has 0 saturated carbocycles. The van der Waals surface area contributed by atoms with Crippen LogP contribution in [-0.4, -0.2) is 52.2 Å². The number of benzene rings is 1. The number of amides is 2. The van der Waals surface area contributed by atoms with E-state index in [-0.39, 0.29) is 0 Å². The van der Waals surface area contributed by atoms with Gasteiger partial charge in [-0.25, -0.2) is 0 Å². The van der Waals surface area contributed by atoms with Crippen molar-refractivity contribution in [1.29, 1.82) is 0 Å². The largest absolute Gasteiger partial charge is 0.348 e. The van der Waals surface area contributed by atoms with E-state index in [1.54, 1.807) is 31.3 Å². The maximum atomic E-state index is 11.8. The molecule has 1 aromatic carbocycles. The Morgan fingerprint density at radius 3 is 2.48 bits per heavy atom. The zero-order valence-electron chi connectivity index (χ0n) is 13.0. The fourth-order valence-electron chi connectivity index (χ4n) is 1.84. The van der Waals surface area contributed by atoms with Gasteiger partial charge in [-0.1, -0.05) is 0 Å². The molecule has 0 bridgehead atoms. The Bertz CT molecular complexity index is 666. The predicted octanol–water partition coefficient (Wildman–Crippen LogP) is -0.459. The summed E-state index contributed by atoms with van der Waals surface area (Å²) in [5.41, 5.74) is 1.29. The molecule has 0 aliphatic carbocycles. The first kappa shape index (κ1) is 16.6. The summed E-state index contributed by atoms with van der Waals surface area (Å²) in [6.45, 7) is 1.23. The smallest absolute Gasteiger partial charge is 0.313 e. The summed E-state index contributed by atoms with van der Waals surface area (Å²) in [6.07, 6.45) is 0.759. The molecule has 0 spiro atoms. The van der Waals surface area contributed by atoms with Gasteiger partial charge in [-0.2, -0.15) is 4.80 Å². The average Bonchev–Trinajstić information content (AvgIpc) is 2.98. The number of nitrogens with one attached hydrogen (secondary N) is 3. The summed E-state index contributed by atoms with van der Waals surface area (Å²) in [4.78, 5) is 24.7. The van der Waals surface area contributed by atoms with Crippen molar-refractivity contribution in [3.05, 3.63) is 24.3 Å². The van der Waals surface area contributed by atoms with Crippen molar-refractivity contribution in [2.24, 2.45) is 7.05 Å². The molecule has 2 amide bonds. The fourth-order valence-corrected chi connectivity index (χ4v) is 1.84. The Kier molecular flexibility index (Phi) is 5.75. The highest BCUT2D eigenvalue weighted by Gasteiger charge is 2.13. The molecule has 0 saturated heterocycles. The van der Waals surface area contributed by atoms with Crippen molar-refractivity contribution < 1.29 is 9.59 Å². The van der Waals surface area contributed by atoms with Crippen LogP contribution in [0.2, 0.25) is 0 Å². The fraction of sp³-hybridized carbons (Fsp3) is 0.357. The Balaban J connectivity index is 1.87. The summed E-state index contributed by atoms with van der Waals surface area (Å²) in [6, 6.07) is 6.85. The van der Waals surface area contributed by atoms with Crippen LogP contribution in [0.25, 0.3) is 11.4 Å². The maximum Gasteiger partial charge on any atom is 0.313 e. The molecule has 0 fully saturated rings. The first-order chi connectivity index (χ1) is 11.1. The highest BCUT2D eigenvalue weighted by atomic mass is 16.2. The Morgan fingerprint density at radius 2 is 1.87 bits per heavy atom. The van der Waals surface area contributed by atoms with E-state index < -0.39 is 11.8 Å². The second kappa shape index (κ2) is 7.99. The van der Waals surface area contributed by atoms with Crippen LogP contribution in [-0.2, 0) is 16.6 Å². The van der Waals surface area contributed by atoms with E-state index in [0.717, 1.165) is 18.5 Å². The number of tetrazole rings is 1. The highest BCUT2D eigenvalue weighted by Crippen LogP contribution is 2.16. The SMILES string of the molecule is CNCCCNC(=O)C(=O)Nc1ccc(-c2nnn(C)n2)cc1. The molecule has 122 valence electrons. The molecule has 0 atom stereocenters. The van der Waals surface area contributed by atoms with Crippen LogP contribution in [0.15, 0.2) is 24.3 Å². The molecule has 9 nitrogen and oxygen atoms in total. The van der Waals surface area contributed by atoms with Crippen LogP contribution in [0.3, 0.4) is 0 Å². The van der Waals surface area contributed by atoms with Gasteiger partial charge in [0, 0.05) is 17.8 Å². The van der Waals surface area contributed by atoms with Crippen molar-refractivity contribution in [2.75, 3.05) is 25.5 Å². The van der Waals surface area contributed by atoms with Crippen LogP contribution in [0.4, 0.5) is 5.69 Å². The van der Waals surface area contributed by atoms with Gasteiger partial charge in [0.25, 0.3) is 0 Å². The van der Waals surface area contributed by atoms with Crippen LogP contribution < -0.4 is 16.0 Å². The molecular weight excluding hydrogens is 298 g/mol. The molecule has 2 rings (SSSR count). The van der Waals surface area contributed by atoms with Crippen molar-refractivity contribution in [3.8, 4) is 11.4 Å². The number of rotatable bonds is 6. The maximum absolute atomic E-state index is 11.8. The van der Waals surface area contributed by atoms with E-state index in [0.29, 0.717) is 18.1 Å². The molecule has 0 unspecified atom stereocenters. The van der Waals surface area contributed by atoms with Gasteiger partial charge in [-0.15, -0.1) is 10.2 Å². The molecule has 1 heterocycles. The molecule has 3 N–H and O–H groups in total. The lowest BCUT2D eigenvalue weighted by molar-refractivity contribution is -0.136. The Hall–Kier alpha value is -2.81. The van der Waals surface area contributed by atoms with E-state index in [9.17, 15) is 9.59 Å². The van der Waals surface area contributed by atoms with Crippen molar-refractivity contribution in [1.82, 2.24) is 30.8 Å². The minimum atomic E-state index is -0.695. The van der Waals surface area contributed by atoms with E-state index >= 15 is 0 Å². The third-order valence-electron chi connectivity index (χ3n) is 3.00. The summed E-state index contributed by atoms with van der Waals surface area (Å²) in [7, 11) is 3.51. The van der Waals surface area contributed by atoms with Crippen LogP contribution >= 0.6 is 0 Å². The van der Waals surface area contributed by atoms with Gasteiger partial charge in [0.05, 0.1) is 7.05 Å². The quantitative estimate of drug-likeness (QED) is 0.491. The minimum absolute atomic E-state index is 0.449. The summed E-state index contributed by atoms with van der Waals surface area (Å²) >= 11 is 0. The zero-order chi connectivity index (χ0) is 16.7. The molecule has 9 heteroatoms. The molecular formula is C14H19N7O2. The van der Waals surface area contributed by atoms with Gasteiger partial charge in [0.15, 0.2) is 0 Å². The molecule has 2 aromatic rings. The third kappa shape index (κ3) is 4.85. The molecule has 23 heavy (non-hydrogen) atoms. The van der Waals surface area contributed by atoms with Crippen molar-refractivity contribution in [3.63, 3.8) is 0 Å². The average molecular weight is 317 g/mol. The summed E-state index contributed by atoms with van der Waals surface area (Å²) in [5, 5.41) is 19.8. The standard InChI is InChI=1S/C14H19N7O2/c1-15-8-3-9-16-13(22)14(23)17-11-6-4-10(5-7-11)12-18-20-21(2)19-12/h4-7,15H,3,8-9H2,1-2H3,(H,16,22)(H,17,23). The second-order valence-electron chi connectivity index (χ2n) is 4.85. The molecule has 1 aromatic heterocycles. The van der Waals surface area contributed by atoms with Crippen molar-refractivity contribution in [2.45, 2.75) is 6.42 Å². The van der Waals surface area contributed by atoms with Crippen LogP contribution in [0, 0.1) is 0 Å². The molecule has 0 aliphatic rings. The lowest BCUT2D eigenvalue weighted by atomic mass is 10.2. The first-order valence-corrected chi connectivity index (χ1v) is 7.18. The minimum Gasteiger partial charge on any atom is -0.348 e. The first-order valence-electron chi connectivity index (χ1n) is 7.18. The normalized spacial score (nSPS) is 10.3. The number of nitrogens with zero attached hydrogens (tertiary/aromatic N) is 4. The predicted molar refractivity (Wildman–Crippen MR) is 84.4 cm³/mol. The lowest BCUT2D eigenvalue weighted by Crippen LogP contribution is -2.36. The lowest BCUT2D eigenvalue weighted by Gasteiger charge is -2.06. The van der Waals surface area contributed by atoms with E-state index in [2.05, 4.69) is 31.4 Å². The van der Waals surface area contributed by atoms with Crippen LogP contribution in [0.1, 0.15) is 6.42 Å². The van der Waals surface area contributed by atoms with Crippen LogP contribution in [0.5, 0.6) is 0 Å². The van der Waals surface area contributed by atoms with Gasteiger partial charge in [-0.3, -0.25) is 9.59 Å². The van der Waals surface area contributed by atoms with Gasteiger partial charge in [0.1, 0.15) is 0 Å². The number of carbonyl (C=O) groups excluding carboxylic acids is 2. The van der Waals surface area contributed by atoms with Gasteiger partial charge in [0.2, 0.25) is 5.82 Å². The van der Waals surface area contributed by atoms with Gasteiger partial charge in [-0.05, 0) is 49.5 Å². The monoisotopic (exact) mass is 317 g/mol. The highest BCUT2D eigenvalue weighted by molar-refractivity contribution is 6.39. The van der Waals surface area contributed by atoms with Gasteiger partial charge < -0.3 is 16.0 Å². The molecule has 0 aliphatic heterocycles. The number of hydrogen-bond donors (Lipinski definition) is 3. The summed E-state index contributed by atoms with van der Waals surface area (Å²) < 4.78 is 0. The van der Waals surface area contributed by atoms with E-state index in [1.807, 2.05) is 7.05 Å². The molecule has 0 radical (unpaired) electrons. The third-order valence-corrected chi connectivity index (χ3v) is 3.00. The van der Waals surface area contributed by atoms with Gasteiger partial charge >= 0.3 is 11.8 Å². The number of aryl methyl sites for hydroxylation is 1. The number of aromatic nitrogens is 4. The van der Waals surface area contributed by atoms with Crippen molar-refractivity contribution >= 4 is 17.5 Å². The second-order valence-corrected chi connectivity index (χ2v) is 4.85. The Labute approximate surface area is 133 Å².